The Hall–Kier alpha value is -1.71. The van der Waals surface area contributed by atoms with Crippen LogP contribution >= 0.6 is 0 Å². The molecule has 2 fully saturated rings. The van der Waals surface area contributed by atoms with Gasteiger partial charge in [0.15, 0.2) is 11.5 Å². The summed E-state index contributed by atoms with van der Waals surface area (Å²) >= 11 is 0. The van der Waals surface area contributed by atoms with Gasteiger partial charge in [-0.1, -0.05) is 6.07 Å². The first-order chi connectivity index (χ1) is 10.7. The highest BCUT2D eigenvalue weighted by molar-refractivity contribution is 5.73. The van der Waals surface area contributed by atoms with Gasteiger partial charge in [0.1, 0.15) is 0 Å². The van der Waals surface area contributed by atoms with Gasteiger partial charge in [-0.3, -0.25) is 4.79 Å². The van der Waals surface area contributed by atoms with E-state index in [1.807, 2.05) is 11.0 Å². The lowest BCUT2D eigenvalue weighted by Gasteiger charge is -2.19. The summed E-state index contributed by atoms with van der Waals surface area (Å²) < 4.78 is 11.6. The molecule has 1 saturated carbocycles. The Morgan fingerprint density at radius 3 is 2.59 bits per heavy atom. The van der Waals surface area contributed by atoms with Crippen LogP contribution in [0.1, 0.15) is 50.5 Å². The number of hydrogen-bond donors (Lipinski definition) is 0. The molecule has 0 N–H and O–H groups in total. The van der Waals surface area contributed by atoms with E-state index >= 15 is 0 Å². The summed E-state index contributed by atoms with van der Waals surface area (Å²) in [6.07, 6.45) is 6.12. The van der Waals surface area contributed by atoms with E-state index in [0.29, 0.717) is 12.0 Å². The van der Waals surface area contributed by atoms with Crippen molar-refractivity contribution in [1.29, 1.82) is 0 Å². The van der Waals surface area contributed by atoms with E-state index in [9.17, 15) is 4.79 Å². The molecule has 1 heterocycles. The summed E-state index contributed by atoms with van der Waals surface area (Å²) in [5.74, 6) is 2.23. The molecule has 1 aromatic carbocycles. The van der Waals surface area contributed by atoms with E-state index in [-0.39, 0.29) is 5.91 Å². The highest BCUT2D eigenvalue weighted by atomic mass is 16.5. The van der Waals surface area contributed by atoms with Crippen molar-refractivity contribution < 1.29 is 14.3 Å². The minimum atomic E-state index is 0.165. The van der Waals surface area contributed by atoms with Crippen molar-refractivity contribution in [3.63, 3.8) is 0 Å². The van der Waals surface area contributed by atoms with Gasteiger partial charge in [-0.05, 0) is 49.8 Å². The van der Waals surface area contributed by atoms with Crippen LogP contribution in [0.25, 0.3) is 0 Å². The molecule has 1 aromatic rings. The Bertz CT molecular complexity index is 537. The Labute approximate surface area is 132 Å². The van der Waals surface area contributed by atoms with E-state index in [4.69, 9.17) is 9.47 Å². The van der Waals surface area contributed by atoms with Gasteiger partial charge in [0.05, 0.1) is 13.2 Å². The summed E-state index contributed by atoms with van der Waals surface area (Å²) in [6, 6.07) is 6.22. The maximum absolute atomic E-state index is 11.5. The Morgan fingerprint density at radius 1 is 1.18 bits per heavy atom. The van der Waals surface area contributed by atoms with Gasteiger partial charge >= 0.3 is 0 Å². The monoisotopic (exact) mass is 303 g/mol. The molecule has 1 aliphatic heterocycles. The molecule has 120 valence electrons. The smallest absolute Gasteiger partial charge is 0.219 e. The van der Waals surface area contributed by atoms with E-state index in [2.05, 4.69) is 12.1 Å². The van der Waals surface area contributed by atoms with Crippen molar-refractivity contribution in [3.8, 4) is 11.5 Å². The van der Waals surface area contributed by atoms with Gasteiger partial charge in [0.2, 0.25) is 5.91 Å². The normalized spacial score (nSPS) is 22.1. The highest BCUT2D eigenvalue weighted by Crippen LogP contribution is 2.36. The topological polar surface area (TPSA) is 38.8 Å². The van der Waals surface area contributed by atoms with Crippen LogP contribution in [-0.4, -0.2) is 37.1 Å². The molecule has 0 bridgehead atoms. The molecule has 1 atom stereocenters. The molecule has 0 spiro atoms. The second-order valence-electron chi connectivity index (χ2n) is 6.39. The molecular formula is C18H25NO3. The molecular weight excluding hydrogens is 278 g/mol. The first-order valence-electron chi connectivity index (χ1n) is 8.27. The summed E-state index contributed by atoms with van der Waals surface area (Å²) in [5, 5.41) is 0. The zero-order chi connectivity index (χ0) is 15.5. The molecule has 0 radical (unpaired) electrons. The molecule has 4 heteroatoms. The van der Waals surface area contributed by atoms with E-state index in [1.165, 1.54) is 18.4 Å². The molecule has 0 aromatic heterocycles. The number of hydrogen-bond acceptors (Lipinski definition) is 3. The molecule has 1 amide bonds. The van der Waals surface area contributed by atoms with Crippen molar-refractivity contribution in [3.05, 3.63) is 23.8 Å². The van der Waals surface area contributed by atoms with Crippen LogP contribution in [0.5, 0.6) is 11.5 Å². The first-order valence-corrected chi connectivity index (χ1v) is 8.27. The van der Waals surface area contributed by atoms with Gasteiger partial charge in [-0.25, -0.2) is 0 Å². The lowest BCUT2D eigenvalue weighted by molar-refractivity contribution is -0.127. The van der Waals surface area contributed by atoms with Gasteiger partial charge in [0.25, 0.3) is 0 Å². The molecule has 4 nitrogen and oxygen atoms in total. The third-order valence-corrected chi connectivity index (χ3v) is 4.89. The number of carbonyl (C=O) groups excluding carboxylic acids is 1. The molecule has 1 saturated heterocycles. The van der Waals surface area contributed by atoms with E-state index in [0.717, 1.165) is 43.9 Å². The summed E-state index contributed by atoms with van der Waals surface area (Å²) in [7, 11) is 1.68. The largest absolute Gasteiger partial charge is 0.493 e. The number of likely N-dealkylation sites (tertiary alicyclic amines) is 1. The Kier molecular flexibility index (Phi) is 4.55. The fourth-order valence-corrected chi connectivity index (χ4v) is 3.54. The van der Waals surface area contributed by atoms with Crippen molar-refractivity contribution >= 4 is 5.91 Å². The fraction of sp³-hybridized carbons (Fsp3) is 0.611. The number of nitrogens with zero attached hydrogens (tertiary/aromatic N) is 1. The van der Waals surface area contributed by atoms with Crippen LogP contribution in [0.3, 0.4) is 0 Å². The van der Waals surface area contributed by atoms with Crippen LogP contribution in [0.15, 0.2) is 18.2 Å². The van der Waals surface area contributed by atoms with E-state index < -0.39 is 0 Å². The number of amides is 1. The second-order valence-corrected chi connectivity index (χ2v) is 6.39. The third kappa shape index (κ3) is 3.21. The number of benzene rings is 1. The average Bonchev–Trinajstić information content (AvgIpc) is 3.18. The zero-order valence-corrected chi connectivity index (χ0v) is 13.5. The molecule has 3 rings (SSSR count). The molecule has 2 aliphatic rings. The number of methoxy groups -OCH3 is 1. The Balaban J connectivity index is 1.76. The minimum absolute atomic E-state index is 0.165. The molecule has 22 heavy (non-hydrogen) atoms. The predicted molar refractivity (Wildman–Crippen MR) is 85.5 cm³/mol. The number of rotatable bonds is 4. The second kappa shape index (κ2) is 6.59. The van der Waals surface area contributed by atoms with Crippen LogP contribution in [0.2, 0.25) is 0 Å². The van der Waals surface area contributed by atoms with Crippen LogP contribution in [0.4, 0.5) is 0 Å². The fourth-order valence-electron chi connectivity index (χ4n) is 3.54. The summed E-state index contributed by atoms with van der Waals surface area (Å²) in [5.41, 5.74) is 1.25. The minimum Gasteiger partial charge on any atom is -0.493 e. The molecule has 1 aliphatic carbocycles. The summed E-state index contributed by atoms with van der Waals surface area (Å²) in [6.45, 7) is 3.31. The molecule has 1 unspecified atom stereocenters. The van der Waals surface area contributed by atoms with Gasteiger partial charge in [-0.2, -0.15) is 0 Å². The van der Waals surface area contributed by atoms with Crippen LogP contribution in [0, 0.1) is 0 Å². The zero-order valence-electron chi connectivity index (χ0n) is 13.5. The van der Waals surface area contributed by atoms with Crippen molar-refractivity contribution in [2.75, 3.05) is 20.2 Å². The highest BCUT2D eigenvalue weighted by Gasteiger charge is 2.26. The maximum atomic E-state index is 11.5. The first kappa shape index (κ1) is 15.2. The summed E-state index contributed by atoms with van der Waals surface area (Å²) in [4.78, 5) is 13.4. The lowest BCUT2D eigenvalue weighted by Crippen LogP contribution is -2.25. The van der Waals surface area contributed by atoms with Crippen LogP contribution < -0.4 is 9.47 Å². The predicted octanol–water partition coefficient (Wildman–Crippen LogP) is 3.35. The van der Waals surface area contributed by atoms with Gasteiger partial charge < -0.3 is 14.4 Å². The lowest BCUT2D eigenvalue weighted by atomic mass is 9.98. The third-order valence-electron chi connectivity index (χ3n) is 4.89. The van der Waals surface area contributed by atoms with E-state index in [1.54, 1.807) is 14.0 Å². The van der Waals surface area contributed by atoms with Crippen LogP contribution in [-0.2, 0) is 4.79 Å². The van der Waals surface area contributed by atoms with Gasteiger partial charge in [0, 0.05) is 25.9 Å². The van der Waals surface area contributed by atoms with Crippen molar-refractivity contribution in [2.45, 2.75) is 51.0 Å². The average molecular weight is 303 g/mol. The number of carbonyl (C=O) groups is 1. The SMILES string of the molecule is COc1ccc(C2CCN(C(C)=O)C2)cc1OC1CCCC1. The van der Waals surface area contributed by atoms with Crippen molar-refractivity contribution in [2.24, 2.45) is 0 Å². The van der Waals surface area contributed by atoms with Gasteiger partial charge in [-0.15, -0.1) is 0 Å². The maximum Gasteiger partial charge on any atom is 0.219 e. The quantitative estimate of drug-likeness (QED) is 0.856. The Morgan fingerprint density at radius 2 is 1.95 bits per heavy atom. The van der Waals surface area contributed by atoms with Crippen molar-refractivity contribution in [1.82, 2.24) is 4.90 Å². The number of ether oxygens (including phenoxy) is 2. The standard InChI is InChI=1S/C18H25NO3/c1-13(20)19-10-9-15(12-19)14-7-8-17(21-2)18(11-14)22-16-5-3-4-6-16/h7-8,11,15-16H,3-6,9-10,12H2,1-2H3.